The maximum atomic E-state index is 13.6. The Morgan fingerprint density at radius 1 is 1.39 bits per heavy atom. The van der Waals surface area contributed by atoms with E-state index in [0.717, 1.165) is 0 Å². The lowest BCUT2D eigenvalue weighted by molar-refractivity contribution is -0.0324. The third-order valence-electron chi connectivity index (χ3n) is 5.26. The molecule has 0 aliphatic carbocycles. The Morgan fingerprint density at radius 3 is 3.00 bits per heavy atom. The minimum absolute atomic E-state index is 0.0459. The van der Waals surface area contributed by atoms with E-state index >= 15 is 0 Å². The Morgan fingerprint density at radius 2 is 2.23 bits per heavy atom. The van der Waals surface area contributed by atoms with Gasteiger partial charge in [-0.05, 0) is 30.7 Å². The summed E-state index contributed by atoms with van der Waals surface area (Å²) >= 11 is 0. The summed E-state index contributed by atoms with van der Waals surface area (Å²) in [5.41, 5.74) is 0.239. The van der Waals surface area contributed by atoms with Gasteiger partial charge in [0.1, 0.15) is 22.8 Å². The number of carbonyl (C=O) groups excluding carboxylic acids is 2. The molecule has 3 heterocycles. The molecule has 9 nitrogen and oxygen atoms in total. The average Bonchev–Trinajstić information content (AvgIpc) is 2.96. The standard InChI is InChI=1S/C21H22FN5O4/c1-13-15-8-14(22)2-3-16(15)26-18(13)20(29)27-6-7-31-12-21(30,11-27)10-25-19(28)17-9-23-4-5-24-17/h2-5,8-9,26,30H,6-7,10-12H2,1H3,(H,25,28). The SMILES string of the molecule is Cc1c(C(=O)N2CCOCC(O)(CNC(=O)c3cnccn3)C2)[nH]c2ccc(F)cc12. The van der Waals surface area contributed by atoms with Gasteiger partial charge in [-0.2, -0.15) is 0 Å². The number of aliphatic hydroxyl groups is 1. The van der Waals surface area contributed by atoms with Gasteiger partial charge in [-0.1, -0.05) is 0 Å². The van der Waals surface area contributed by atoms with Gasteiger partial charge in [0.15, 0.2) is 0 Å². The number of aryl methyl sites for hydroxylation is 1. The second kappa shape index (κ2) is 8.40. The molecule has 1 saturated heterocycles. The van der Waals surface area contributed by atoms with Crippen LogP contribution >= 0.6 is 0 Å². The molecule has 2 amide bonds. The van der Waals surface area contributed by atoms with Gasteiger partial charge < -0.3 is 25.0 Å². The average molecular weight is 427 g/mol. The predicted octanol–water partition coefficient (Wildman–Crippen LogP) is 1.04. The van der Waals surface area contributed by atoms with E-state index in [1.54, 1.807) is 13.0 Å². The van der Waals surface area contributed by atoms with Gasteiger partial charge in [-0.25, -0.2) is 9.37 Å². The van der Waals surface area contributed by atoms with Crippen molar-refractivity contribution in [2.45, 2.75) is 12.5 Å². The predicted molar refractivity (Wildman–Crippen MR) is 109 cm³/mol. The van der Waals surface area contributed by atoms with Crippen molar-refractivity contribution in [3.8, 4) is 0 Å². The number of benzene rings is 1. The Hall–Kier alpha value is -3.37. The zero-order chi connectivity index (χ0) is 22.0. The number of β-amino-alcohol motifs (C(OH)–C–C–N with tert-alkyl or cyclic N) is 1. The van der Waals surface area contributed by atoms with Crippen molar-refractivity contribution in [1.82, 2.24) is 25.2 Å². The topological polar surface area (TPSA) is 120 Å². The van der Waals surface area contributed by atoms with Crippen LogP contribution in [0.4, 0.5) is 4.39 Å². The zero-order valence-electron chi connectivity index (χ0n) is 16.9. The Balaban J connectivity index is 1.50. The number of carbonyl (C=O) groups is 2. The van der Waals surface area contributed by atoms with Crippen molar-refractivity contribution < 1.29 is 23.8 Å². The van der Waals surface area contributed by atoms with E-state index in [1.807, 2.05) is 0 Å². The number of rotatable bonds is 4. The molecule has 0 radical (unpaired) electrons. The molecule has 10 heteroatoms. The van der Waals surface area contributed by atoms with Gasteiger partial charge in [0.25, 0.3) is 11.8 Å². The van der Waals surface area contributed by atoms with Crippen molar-refractivity contribution in [3.63, 3.8) is 0 Å². The summed E-state index contributed by atoms with van der Waals surface area (Å²) in [7, 11) is 0. The molecule has 31 heavy (non-hydrogen) atoms. The Bertz CT molecular complexity index is 1120. The van der Waals surface area contributed by atoms with Crippen LogP contribution in [0.5, 0.6) is 0 Å². The number of hydrogen-bond donors (Lipinski definition) is 3. The summed E-state index contributed by atoms with van der Waals surface area (Å²) in [6.07, 6.45) is 4.17. The molecule has 162 valence electrons. The molecule has 1 atom stereocenters. The fourth-order valence-electron chi connectivity index (χ4n) is 3.62. The van der Waals surface area contributed by atoms with Gasteiger partial charge in [-0.15, -0.1) is 0 Å². The first-order valence-corrected chi connectivity index (χ1v) is 9.78. The molecule has 0 bridgehead atoms. The maximum Gasteiger partial charge on any atom is 0.271 e. The first-order chi connectivity index (χ1) is 14.9. The van der Waals surface area contributed by atoms with Crippen molar-refractivity contribution in [1.29, 1.82) is 0 Å². The highest BCUT2D eigenvalue weighted by atomic mass is 19.1. The summed E-state index contributed by atoms with van der Waals surface area (Å²) in [6, 6.07) is 4.28. The Labute approximate surface area is 177 Å². The lowest BCUT2D eigenvalue weighted by Gasteiger charge is -2.30. The van der Waals surface area contributed by atoms with Crippen LogP contribution in [0, 0.1) is 12.7 Å². The minimum Gasteiger partial charge on any atom is -0.384 e. The lowest BCUT2D eigenvalue weighted by atomic mass is 10.0. The minimum atomic E-state index is -1.49. The highest BCUT2D eigenvalue weighted by molar-refractivity contribution is 6.01. The van der Waals surface area contributed by atoms with E-state index in [0.29, 0.717) is 22.2 Å². The maximum absolute atomic E-state index is 13.6. The molecular weight excluding hydrogens is 405 g/mol. The molecule has 1 aliphatic rings. The van der Waals surface area contributed by atoms with E-state index in [-0.39, 0.29) is 50.3 Å². The smallest absolute Gasteiger partial charge is 0.271 e. The number of halogens is 1. The number of nitrogens with zero attached hydrogens (tertiary/aromatic N) is 3. The molecule has 0 saturated carbocycles. The van der Waals surface area contributed by atoms with Crippen LogP contribution in [0.3, 0.4) is 0 Å². The summed E-state index contributed by atoms with van der Waals surface area (Å²) in [5.74, 6) is -1.21. The zero-order valence-corrected chi connectivity index (χ0v) is 16.9. The molecule has 1 unspecified atom stereocenters. The van der Waals surface area contributed by atoms with Gasteiger partial charge in [-0.3, -0.25) is 14.6 Å². The lowest BCUT2D eigenvalue weighted by Crippen LogP contribution is -2.53. The molecule has 1 aromatic carbocycles. The molecule has 1 fully saturated rings. The number of hydrogen-bond acceptors (Lipinski definition) is 6. The molecule has 3 aromatic rings. The summed E-state index contributed by atoms with van der Waals surface area (Å²) in [6.45, 7) is 2.02. The van der Waals surface area contributed by atoms with Crippen LogP contribution in [-0.4, -0.2) is 75.2 Å². The van der Waals surface area contributed by atoms with Crippen molar-refractivity contribution in [2.24, 2.45) is 0 Å². The monoisotopic (exact) mass is 427 g/mol. The van der Waals surface area contributed by atoms with Gasteiger partial charge in [0, 0.05) is 29.8 Å². The number of aromatic amines is 1. The number of amides is 2. The quantitative estimate of drug-likeness (QED) is 0.572. The second-order valence-corrected chi connectivity index (χ2v) is 7.59. The highest BCUT2D eigenvalue weighted by Crippen LogP contribution is 2.24. The Kier molecular flexibility index (Phi) is 5.66. The molecule has 2 aromatic heterocycles. The first kappa shape index (κ1) is 20.9. The van der Waals surface area contributed by atoms with Gasteiger partial charge >= 0.3 is 0 Å². The van der Waals surface area contributed by atoms with Gasteiger partial charge in [0.2, 0.25) is 0 Å². The molecular formula is C21H22FN5O4. The molecule has 0 spiro atoms. The number of nitrogens with one attached hydrogen (secondary N) is 2. The number of H-pyrrole nitrogens is 1. The van der Waals surface area contributed by atoms with E-state index in [4.69, 9.17) is 4.74 Å². The summed E-state index contributed by atoms with van der Waals surface area (Å²) in [4.78, 5) is 37.7. The fraction of sp³-hybridized carbons (Fsp3) is 0.333. The van der Waals surface area contributed by atoms with E-state index in [2.05, 4.69) is 20.3 Å². The second-order valence-electron chi connectivity index (χ2n) is 7.59. The largest absolute Gasteiger partial charge is 0.384 e. The van der Waals surface area contributed by atoms with Crippen LogP contribution < -0.4 is 5.32 Å². The first-order valence-electron chi connectivity index (χ1n) is 9.78. The van der Waals surface area contributed by atoms with Crippen molar-refractivity contribution in [3.05, 3.63) is 59.6 Å². The van der Waals surface area contributed by atoms with E-state index in [9.17, 15) is 19.1 Å². The van der Waals surface area contributed by atoms with Crippen LogP contribution in [0.1, 0.15) is 26.5 Å². The van der Waals surface area contributed by atoms with Crippen LogP contribution in [0.25, 0.3) is 10.9 Å². The highest BCUT2D eigenvalue weighted by Gasteiger charge is 2.36. The normalized spacial score (nSPS) is 19.3. The molecule has 3 N–H and O–H groups in total. The number of fused-ring (bicyclic) bond motifs is 1. The number of aromatic nitrogens is 3. The fourth-order valence-corrected chi connectivity index (χ4v) is 3.62. The van der Waals surface area contributed by atoms with Crippen LogP contribution in [0.2, 0.25) is 0 Å². The summed E-state index contributed by atoms with van der Waals surface area (Å²) < 4.78 is 19.1. The van der Waals surface area contributed by atoms with Crippen LogP contribution in [-0.2, 0) is 4.74 Å². The van der Waals surface area contributed by atoms with E-state index in [1.165, 1.54) is 35.6 Å². The van der Waals surface area contributed by atoms with Crippen LogP contribution in [0.15, 0.2) is 36.8 Å². The van der Waals surface area contributed by atoms with E-state index < -0.39 is 11.5 Å². The van der Waals surface area contributed by atoms with Crippen molar-refractivity contribution in [2.75, 3.05) is 32.8 Å². The van der Waals surface area contributed by atoms with Crippen molar-refractivity contribution >= 4 is 22.7 Å². The molecule has 4 rings (SSSR count). The van der Waals surface area contributed by atoms with Gasteiger partial charge in [0.05, 0.1) is 32.5 Å². The third-order valence-corrected chi connectivity index (χ3v) is 5.26. The third kappa shape index (κ3) is 4.39. The summed E-state index contributed by atoms with van der Waals surface area (Å²) in [5, 5.41) is 14.3. The number of ether oxygens (including phenoxy) is 1. The molecule has 1 aliphatic heterocycles.